The molecule has 1 aromatic heterocycles. The second-order valence-corrected chi connectivity index (χ2v) is 6.38. The topological polar surface area (TPSA) is 71.4 Å². The summed E-state index contributed by atoms with van der Waals surface area (Å²) in [4.78, 5) is 13.8. The van der Waals surface area contributed by atoms with Gasteiger partial charge in [0.2, 0.25) is 0 Å². The highest BCUT2D eigenvalue weighted by Gasteiger charge is 2.44. The van der Waals surface area contributed by atoms with Gasteiger partial charge in [-0.2, -0.15) is 18.3 Å². The van der Waals surface area contributed by atoms with Crippen LogP contribution < -0.4 is 15.4 Å². The number of aromatic nitrogens is 2. The molecule has 1 aromatic carbocycles. The van der Waals surface area contributed by atoms with Gasteiger partial charge < -0.3 is 15.4 Å². The fraction of sp³-hybridized carbons (Fsp3) is 0.444. The molecule has 1 fully saturated rings. The fourth-order valence-electron chi connectivity index (χ4n) is 3.10. The van der Waals surface area contributed by atoms with Gasteiger partial charge in [-0.25, -0.2) is 4.68 Å². The Bertz CT molecular complexity index is 795. The minimum absolute atomic E-state index is 0. The smallest absolute Gasteiger partial charge is 0.405 e. The van der Waals surface area contributed by atoms with Crippen LogP contribution in [0.25, 0.3) is 5.69 Å². The van der Waals surface area contributed by atoms with Crippen molar-refractivity contribution < 1.29 is 22.7 Å². The summed E-state index contributed by atoms with van der Waals surface area (Å²) in [5.41, 5.74) is 0.640. The molecule has 1 saturated heterocycles. The predicted molar refractivity (Wildman–Crippen MR) is 104 cm³/mol. The maximum Gasteiger partial charge on any atom is 0.405 e. The van der Waals surface area contributed by atoms with Gasteiger partial charge in [0.1, 0.15) is 6.04 Å². The number of methoxy groups -OCH3 is 1. The third-order valence-electron chi connectivity index (χ3n) is 4.56. The molecule has 7 nitrogen and oxygen atoms in total. The molecule has 1 aliphatic heterocycles. The number of benzene rings is 1. The van der Waals surface area contributed by atoms with Gasteiger partial charge in [0.15, 0.2) is 11.4 Å². The monoisotopic (exact) mass is 433 g/mol. The molecule has 29 heavy (non-hydrogen) atoms. The number of piperazine rings is 1. The molecule has 0 aliphatic carbocycles. The Balaban J connectivity index is 0.00000300. The SMILES string of the molecule is COc1cn(-c2ccccc2)nc1C(=O)NCC(N1CCNCC1)C(F)(F)F.Cl. The first kappa shape index (κ1) is 23.0. The zero-order valence-corrected chi connectivity index (χ0v) is 16.6. The van der Waals surface area contributed by atoms with Gasteiger partial charge in [-0.05, 0) is 12.1 Å². The highest BCUT2D eigenvalue weighted by Crippen LogP contribution is 2.25. The van der Waals surface area contributed by atoms with Crippen molar-refractivity contribution in [1.29, 1.82) is 0 Å². The third-order valence-corrected chi connectivity index (χ3v) is 4.56. The summed E-state index contributed by atoms with van der Waals surface area (Å²) in [6.45, 7) is 0.952. The normalized spacial score (nSPS) is 16.0. The Morgan fingerprint density at radius 3 is 2.52 bits per heavy atom. The highest BCUT2D eigenvalue weighted by atomic mass is 35.5. The van der Waals surface area contributed by atoms with Crippen LogP contribution in [-0.4, -0.2) is 72.6 Å². The lowest BCUT2D eigenvalue weighted by Gasteiger charge is -2.35. The Morgan fingerprint density at radius 1 is 1.28 bits per heavy atom. The molecule has 2 N–H and O–H groups in total. The average molecular weight is 434 g/mol. The first-order chi connectivity index (χ1) is 13.4. The van der Waals surface area contributed by atoms with Gasteiger partial charge in [-0.3, -0.25) is 9.69 Å². The Labute approximate surface area is 172 Å². The zero-order valence-electron chi connectivity index (χ0n) is 15.8. The van der Waals surface area contributed by atoms with Gasteiger partial charge in [0.05, 0.1) is 19.0 Å². The van der Waals surface area contributed by atoms with Gasteiger partial charge in [0, 0.05) is 32.7 Å². The van der Waals surface area contributed by atoms with Gasteiger partial charge >= 0.3 is 6.18 Å². The summed E-state index contributed by atoms with van der Waals surface area (Å²) >= 11 is 0. The number of carbonyl (C=O) groups is 1. The Morgan fingerprint density at radius 2 is 1.93 bits per heavy atom. The van der Waals surface area contributed by atoms with Crippen LogP contribution in [0.5, 0.6) is 5.75 Å². The maximum absolute atomic E-state index is 13.5. The molecule has 0 bridgehead atoms. The minimum Gasteiger partial charge on any atom is -0.493 e. The van der Waals surface area contributed by atoms with E-state index in [1.165, 1.54) is 22.9 Å². The van der Waals surface area contributed by atoms with Crippen molar-refractivity contribution in [3.8, 4) is 11.4 Å². The molecule has 1 unspecified atom stereocenters. The van der Waals surface area contributed by atoms with Crippen LogP contribution in [0, 0.1) is 0 Å². The summed E-state index contributed by atoms with van der Waals surface area (Å²) in [5, 5.41) is 9.56. The van der Waals surface area contributed by atoms with Crippen LogP contribution in [0.2, 0.25) is 0 Å². The van der Waals surface area contributed by atoms with Crippen molar-refractivity contribution >= 4 is 18.3 Å². The van der Waals surface area contributed by atoms with E-state index in [-0.39, 0.29) is 36.9 Å². The van der Waals surface area contributed by atoms with Crippen molar-refractivity contribution in [3.63, 3.8) is 0 Å². The number of halogens is 4. The number of alkyl halides is 3. The maximum atomic E-state index is 13.5. The number of nitrogens with one attached hydrogen (secondary N) is 2. The number of hydrogen-bond acceptors (Lipinski definition) is 5. The molecular weight excluding hydrogens is 411 g/mol. The van der Waals surface area contributed by atoms with E-state index < -0.39 is 24.7 Å². The summed E-state index contributed by atoms with van der Waals surface area (Å²) in [6, 6.07) is 7.29. The Hall–Kier alpha value is -2.30. The number of rotatable bonds is 6. The Kier molecular flexibility index (Phi) is 7.88. The number of carbonyl (C=O) groups excluding carboxylic acids is 1. The van der Waals surface area contributed by atoms with Crippen molar-refractivity contribution in [2.75, 3.05) is 39.8 Å². The minimum atomic E-state index is -4.45. The first-order valence-corrected chi connectivity index (χ1v) is 8.89. The first-order valence-electron chi connectivity index (χ1n) is 8.89. The van der Waals surface area contributed by atoms with Crippen molar-refractivity contribution in [3.05, 3.63) is 42.2 Å². The third kappa shape index (κ3) is 5.62. The van der Waals surface area contributed by atoms with Crippen LogP contribution >= 0.6 is 12.4 Å². The molecule has 0 spiro atoms. The number of hydrogen-bond donors (Lipinski definition) is 2. The molecule has 1 aliphatic rings. The van der Waals surface area contributed by atoms with E-state index >= 15 is 0 Å². The summed E-state index contributed by atoms with van der Waals surface area (Å²) in [7, 11) is 1.38. The van der Waals surface area contributed by atoms with Gasteiger partial charge in [-0.1, -0.05) is 18.2 Å². The summed E-state index contributed by atoms with van der Waals surface area (Å²) in [5.74, 6) is -0.525. The second kappa shape index (κ2) is 9.95. The van der Waals surface area contributed by atoms with Gasteiger partial charge in [-0.15, -0.1) is 12.4 Å². The lowest BCUT2D eigenvalue weighted by Crippen LogP contribution is -2.57. The number of ether oxygens (including phenoxy) is 1. The molecule has 160 valence electrons. The van der Waals surface area contributed by atoms with E-state index in [1.807, 2.05) is 18.2 Å². The molecular formula is C18H23ClF3N5O2. The molecule has 2 aromatic rings. The average Bonchev–Trinajstić information content (AvgIpc) is 3.13. The van der Waals surface area contributed by atoms with Crippen LogP contribution in [0.1, 0.15) is 10.5 Å². The van der Waals surface area contributed by atoms with E-state index in [1.54, 1.807) is 12.1 Å². The van der Waals surface area contributed by atoms with Crippen LogP contribution in [-0.2, 0) is 0 Å². The number of amides is 1. The van der Waals surface area contributed by atoms with E-state index in [2.05, 4.69) is 15.7 Å². The highest BCUT2D eigenvalue weighted by molar-refractivity contribution is 5.95. The van der Waals surface area contributed by atoms with Gasteiger partial charge in [0.25, 0.3) is 5.91 Å². The lowest BCUT2D eigenvalue weighted by molar-refractivity contribution is -0.183. The van der Waals surface area contributed by atoms with E-state index in [9.17, 15) is 18.0 Å². The fourth-order valence-corrected chi connectivity index (χ4v) is 3.10. The van der Waals surface area contributed by atoms with Crippen LogP contribution in [0.3, 0.4) is 0 Å². The van der Waals surface area contributed by atoms with Crippen LogP contribution in [0.15, 0.2) is 36.5 Å². The van der Waals surface area contributed by atoms with Crippen molar-refractivity contribution in [2.24, 2.45) is 0 Å². The van der Waals surface area contributed by atoms with E-state index in [4.69, 9.17) is 4.74 Å². The quantitative estimate of drug-likeness (QED) is 0.727. The predicted octanol–water partition coefficient (Wildman–Crippen LogP) is 1.87. The van der Waals surface area contributed by atoms with Crippen molar-refractivity contribution in [1.82, 2.24) is 25.3 Å². The molecule has 1 atom stereocenters. The standard InChI is InChI=1S/C18H22F3N5O2.ClH/c1-28-14-12-26(13-5-3-2-4-6-13)24-16(14)17(27)23-11-15(18(19,20)21)25-9-7-22-8-10-25;/h2-6,12,15,22H,7-11H2,1H3,(H,23,27);1H. The molecule has 11 heteroatoms. The molecule has 0 radical (unpaired) electrons. The van der Waals surface area contributed by atoms with Crippen molar-refractivity contribution in [2.45, 2.75) is 12.2 Å². The number of nitrogens with zero attached hydrogens (tertiary/aromatic N) is 3. The molecule has 1 amide bonds. The second-order valence-electron chi connectivity index (χ2n) is 6.38. The van der Waals surface area contributed by atoms with E-state index in [0.29, 0.717) is 18.8 Å². The molecule has 0 saturated carbocycles. The van der Waals surface area contributed by atoms with E-state index in [0.717, 1.165) is 0 Å². The summed E-state index contributed by atoms with van der Waals surface area (Å²) in [6.07, 6.45) is -2.93. The molecule has 3 rings (SSSR count). The molecule has 2 heterocycles. The lowest BCUT2D eigenvalue weighted by atomic mass is 10.2. The summed E-state index contributed by atoms with van der Waals surface area (Å²) < 4.78 is 47.0. The number of para-hydroxylation sites is 1. The van der Waals surface area contributed by atoms with Crippen LogP contribution in [0.4, 0.5) is 13.2 Å². The largest absolute Gasteiger partial charge is 0.493 e. The zero-order chi connectivity index (χ0) is 20.1.